The fraction of sp³-hybridized carbons (Fsp3) is 0.538. The van der Waals surface area contributed by atoms with E-state index in [-0.39, 0.29) is 12.6 Å². The zero-order chi connectivity index (χ0) is 14.5. The Morgan fingerprint density at radius 2 is 2.16 bits per heavy atom. The number of hydrogen-bond donors (Lipinski definition) is 1. The summed E-state index contributed by atoms with van der Waals surface area (Å²) in [5, 5.41) is 2.58. The highest BCUT2D eigenvalue weighted by Crippen LogP contribution is 2.09. The fourth-order valence-electron chi connectivity index (χ4n) is 1.22. The SMILES string of the molecule is C[C@@H](CNC(=O)OC(C)(C)C)Oc1ccc(F)cn1. The third-order valence-corrected chi connectivity index (χ3v) is 1.95. The maximum atomic E-state index is 12.6. The maximum Gasteiger partial charge on any atom is 0.407 e. The van der Waals surface area contributed by atoms with Gasteiger partial charge < -0.3 is 14.8 Å². The molecule has 0 saturated heterocycles. The van der Waals surface area contributed by atoms with Gasteiger partial charge in [0.1, 0.15) is 17.5 Å². The van der Waals surface area contributed by atoms with Crippen molar-refractivity contribution in [2.45, 2.75) is 39.4 Å². The average Bonchev–Trinajstić information content (AvgIpc) is 2.27. The van der Waals surface area contributed by atoms with E-state index in [4.69, 9.17) is 9.47 Å². The van der Waals surface area contributed by atoms with Crippen LogP contribution in [0, 0.1) is 5.82 Å². The van der Waals surface area contributed by atoms with Crippen molar-refractivity contribution < 1.29 is 18.7 Å². The van der Waals surface area contributed by atoms with Crippen LogP contribution < -0.4 is 10.1 Å². The minimum absolute atomic E-state index is 0.272. The predicted octanol–water partition coefficient (Wildman–Crippen LogP) is 2.51. The lowest BCUT2D eigenvalue weighted by atomic mass is 10.2. The monoisotopic (exact) mass is 270 g/mol. The number of aromatic nitrogens is 1. The van der Waals surface area contributed by atoms with Gasteiger partial charge in [-0.2, -0.15) is 0 Å². The highest BCUT2D eigenvalue weighted by Gasteiger charge is 2.16. The summed E-state index contributed by atoms with van der Waals surface area (Å²) in [7, 11) is 0. The minimum Gasteiger partial charge on any atom is -0.473 e. The Bertz CT molecular complexity index is 415. The molecule has 0 aliphatic rings. The number of carbonyl (C=O) groups is 1. The molecule has 1 rings (SSSR count). The Labute approximate surface area is 112 Å². The van der Waals surface area contributed by atoms with E-state index in [0.717, 1.165) is 6.20 Å². The van der Waals surface area contributed by atoms with Gasteiger partial charge in [0.2, 0.25) is 5.88 Å². The van der Waals surface area contributed by atoms with Gasteiger partial charge >= 0.3 is 6.09 Å². The molecule has 0 spiro atoms. The van der Waals surface area contributed by atoms with Crippen molar-refractivity contribution >= 4 is 6.09 Å². The molecule has 1 atom stereocenters. The molecule has 1 aromatic rings. The minimum atomic E-state index is -0.535. The molecule has 0 aromatic carbocycles. The Hall–Kier alpha value is -1.85. The Morgan fingerprint density at radius 1 is 1.47 bits per heavy atom. The molecule has 6 heteroatoms. The largest absolute Gasteiger partial charge is 0.473 e. The van der Waals surface area contributed by atoms with Crippen LogP contribution in [-0.2, 0) is 4.74 Å². The smallest absolute Gasteiger partial charge is 0.407 e. The summed E-state index contributed by atoms with van der Waals surface area (Å²) in [5.41, 5.74) is -0.535. The van der Waals surface area contributed by atoms with E-state index in [0.29, 0.717) is 5.88 Å². The highest BCUT2D eigenvalue weighted by atomic mass is 19.1. The molecule has 1 heterocycles. The first-order valence-electron chi connectivity index (χ1n) is 6.01. The number of nitrogens with one attached hydrogen (secondary N) is 1. The van der Waals surface area contributed by atoms with Crippen molar-refractivity contribution in [1.82, 2.24) is 10.3 Å². The molecule has 0 saturated carbocycles. The summed E-state index contributed by atoms with van der Waals surface area (Å²) < 4.78 is 23.1. The lowest BCUT2D eigenvalue weighted by Gasteiger charge is -2.21. The van der Waals surface area contributed by atoms with Crippen LogP contribution in [0.1, 0.15) is 27.7 Å². The van der Waals surface area contributed by atoms with Crippen LogP contribution >= 0.6 is 0 Å². The van der Waals surface area contributed by atoms with Crippen molar-refractivity contribution in [3.05, 3.63) is 24.1 Å². The lowest BCUT2D eigenvalue weighted by molar-refractivity contribution is 0.0504. The molecule has 1 N–H and O–H groups in total. The third kappa shape index (κ3) is 6.59. The number of hydrogen-bond acceptors (Lipinski definition) is 4. The molecular weight excluding hydrogens is 251 g/mol. The van der Waals surface area contributed by atoms with E-state index in [2.05, 4.69) is 10.3 Å². The third-order valence-electron chi connectivity index (χ3n) is 1.95. The van der Waals surface area contributed by atoms with Crippen LogP contribution in [0.3, 0.4) is 0 Å². The van der Waals surface area contributed by atoms with Crippen LogP contribution in [-0.4, -0.2) is 29.3 Å². The summed E-state index contributed by atoms with van der Waals surface area (Å²) >= 11 is 0. The lowest BCUT2D eigenvalue weighted by Crippen LogP contribution is -2.37. The van der Waals surface area contributed by atoms with E-state index in [1.807, 2.05) is 0 Å². The van der Waals surface area contributed by atoms with E-state index in [9.17, 15) is 9.18 Å². The standard InChI is InChI=1S/C13H19FN2O3/c1-9(7-16-12(17)19-13(2,3)4)18-11-6-5-10(14)8-15-11/h5-6,8-9H,7H2,1-4H3,(H,16,17)/t9-/m0/s1. The number of carbonyl (C=O) groups excluding carboxylic acids is 1. The van der Waals surface area contributed by atoms with Gasteiger partial charge in [-0.15, -0.1) is 0 Å². The van der Waals surface area contributed by atoms with Crippen LogP contribution in [0.2, 0.25) is 0 Å². The van der Waals surface area contributed by atoms with Crippen molar-refractivity contribution in [2.75, 3.05) is 6.54 Å². The molecule has 0 fully saturated rings. The number of amides is 1. The van der Waals surface area contributed by atoms with E-state index in [1.165, 1.54) is 12.1 Å². The normalized spacial score (nSPS) is 12.7. The number of nitrogens with zero attached hydrogens (tertiary/aromatic N) is 1. The molecule has 0 bridgehead atoms. The first-order valence-corrected chi connectivity index (χ1v) is 6.01. The predicted molar refractivity (Wildman–Crippen MR) is 68.5 cm³/mol. The van der Waals surface area contributed by atoms with Gasteiger partial charge in [-0.1, -0.05) is 0 Å². The second-order valence-electron chi connectivity index (χ2n) is 5.13. The van der Waals surface area contributed by atoms with Crippen LogP contribution in [0.15, 0.2) is 18.3 Å². The molecule has 19 heavy (non-hydrogen) atoms. The number of rotatable bonds is 4. The Balaban J connectivity index is 2.33. The molecule has 106 valence electrons. The summed E-state index contributed by atoms with van der Waals surface area (Å²) in [4.78, 5) is 15.2. The molecule has 0 aliphatic heterocycles. The molecule has 1 amide bonds. The molecule has 0 aliphatic carbocycles. The number of pyridine rings is 1. The summed E-state index contributed by atoms with van der Waals surface area (Å²) in [5.74, 6) is -0.119. The topological polar surface area (TPSA) is 60.5 Å². The van der Waals surface area contributed by atoms with Crippen molar-refractivity contribution in [3.8, 4) is 5.88 Å². The van der Waals surface area contributed by atoms with Crippen molar-refractivity contribution in [3.63, 3.8) is 0 Å². The second kappa shape index (κ2) is 6.36. The van der Waals surface area contributed by atoms with Crippen LogP contribution in [0.5, 0.6) is 5.88 Å². The number of alkyl carbamates (subject to hydrolysis) is 1. The van der Waals surface area contributed by atoms with Crippen LogP contribution in [0.4, 0.5) is 9.18 Å². The average molecular weight is 270 g/mol. The second-order valence-corrected chi connectivity index (χ2v) is 5.13. The molecule has 1 aromatic heterocycles. The van der Waals surface area contributed by atoms with Gasteiger partial charge in [0, 0.05) is 6.07 Å². The number of ether oxygens (including phenoxy) is 2. The van der Waals surface area contributed by atoms with Gasteiger partial charge in [0.25, 0.3) is 0 Å². The zero-order valence-electron chi connectivity index (χ0n) is 11.6. The van der Waals surface area contributed by atoms with E-state index >= 15 is 0 Å². The molecule has 0 unspecified atom stereocenters. The maximum absolute atomic E-state index is 12.6. The van der Waals surface area contributed by atoms with Crippen LogP contribution in [0.25, 0.3) is 0 Å². The quantitative estimate of drug-likeness (QED) is 0.913. The van der Waals surface area contributed by atoms with Gasteiger partial charge in [-0.25, -0.2) is 14.2 Å². The first kappa shape index (κ1) is 15.2. The van der Waals surface area contributed by atoms with Crippen molar-refractivity contribution in [1.29, 1.82) is 0 Å². The van der Waals surface area contributed by atoms with Gasteiger partial charge in [-0.05, 0) is 33.8 Å². The Kier molecular flexibility index (Phi) is 5.09. The molecule has 5 nitrogen and oxygen atoms in total. The van der Waals surface area contributed by atoms with E-state index in [1.54, 1.807) is 27.7 Å². The van der Waals surface area contributed by atoms with Crippen molar-refractivity contribution in [2.24, 2.45) is 0 Å². The molecular formula is C13H19FN2O3. The highest BCUT2D eigenvalue weighted by molar-refractivity contribution is 5.67. The fourth-order valence-corrected chi connectivity index (χ4v) is 1.22. The first-order chi connectivity index (χ1) is 8.76. The Morgan fingerprint density at radius 3 is 2.68 bits per heavy atom. The summed E-state index contributed by atoms with van der Waals surface area (Å²) in [6, 6.07) is 2.69. The van der Waals surface area contributed by atoms with E-state index < -0.39 is 17.5 Å². The summed E-state index contributed by atoms with van der Waals surface area (Å²) in [6.45, 7) is 7.40. The summed E-state index contributed by atoms with van der Waals surface area (Å²) in [6.07, 6.45) is 0.268. The molecule has 0 radical (unpaired) electrons. The zero-order valence-corrected chi connectivity index (χ0v) is 11.6. The van der Waals surface area contributed by atoms with Gasteiger partial charge in [0.05, 0.1) is 12.7 Å². The van der Waals surface area contributed by atoms with Gasteiger partial charge in [0.15, 0.2) is 0 Å². The number of halogens is 1. The van der Waals surface area contributed by atoms with Gasteiger partial charge in [-0.3, -0.25) is 0 Å².